The van der Waals surface area contributed by atoms with Gasteiger partial charge in [-0.1, -0.05) is 30.9 Å². The lowest BCUT2D eigenvalue weighted by atomic mass is 9.98. The molecule has 0 aliphatic rings. The first-order valence-electron chi connectivity index (χ1n) is 8.95. The highest BCUT2D eigenvalue weighted by Gasteiger charge is 2.24. The second kappa shape index (κ2) is 10.2. The molecule has 0 aliphatic heterocycles. The molecule has 28 heavy (non-hydrogen) atoms. The SMILES string of the molecule is CCc1ccc(OCC#Cc2ccc(CCC(C)(N)COP(=O)(O)O)s2)cc1. The third-order valence-electron chi connectivity index (χ3n) is 4.02. The molecule has 2 rings (SSSR count). The Kier molecular flexibility index (Phi) is 8.26. The van der Waals surface area contributed by atoms with Gasteiger partial charge in [-0.2, -0.15) is 0 Å². The molecule has 4 N–H and O–H groups in total. The number of nitrogens with two attached hydrogens (primary N) is 1. The standard InChI is InChI=1S/C20H26NO5PS/c1-3-16-6-8-17(9-7-16)25-14-4-5-18-10-11-19(28-18)12-13-20(2,21)15-26-27(22,23)24/h6-11H,3,12-15,21H2,1-2H3,(H2,22,23,24). The zero-order valence-corrected chi connectivity index (χ0v) is 17.8. The van der Waals surface area contributed by atoms with Crippen LogP contribution in [0, 0.1) is 11.8 Å². The van der Waals surface area contributed by atoms with Gasteiger partial charge in [-0.3, -0.25) is 4.52 Å². The number of phosphoric ester groups is 1. The first-order valence-corrected chi connectivity index (χ1v) is 11.3. The quantitative estimate of drug-likeness (QED) is 0.421. The minimum absolute atomic E-state index is 0.202. The van der Waals surface area contributed by atoms with Crippen LogP contribution in [0.3, 0.4) is 0 Å². The normalized spacial score (nSPS) is 13.5. The van der Waals surface area contributed by atoms with Crippen molar-refractivity contribution in [1.29, 1.82) is 0 Å². The molecule has 6 nitrogen and oxygen atoms in total. The molecule has 1 aromatic carbocycles. The number of benzene rings is 1. The van der Waals surface area contributed by atoms with E-state index in [1.807, 2.05) is 36.4 Å². The highest BCUT2D eigenvalue weighted by Crippen LogP contribution is 2.37. The molecule has 0 fully saturated rings. The molecule has 1 heterocycles. The molecule has 0 spiro atoms. The van der Waals surface area contributed by atoms with E-state index in [4.69, 9.17) is 20.3 Å². The van der Waals surface area contributed by atoms with E-state index in [0.29, 0.717) is 19.4 Å². The number of hydrogen-bond acceptors (Lipinski definition) is 5. The summed E-state index contributed by atoms with van der Waals surface area (Å²) >= 11 is 1.57. The smallest absolute Gasteiger partial charge is 0.469 e. The average molecular weight is 423 g/mol. The molecule has 8 heteroatoms. The van der Waals surface area contributed by atoms with E-state index in [9.17, 15) is 4.57 Å². The summed E-state index contributed by atoms with van der Waals surface area (Å²) in [5.41, 5.74) is 6.49. The van der Waals surface area contributed by atoms with Crippen LogP contribution in [-0.2, 0) is 21.9 Å². The van der Waals surface area contributed by atoms with Gasteiger partial charge in [-0.25, -0.2) is 4.57 Å². The van der Waals surface area contributed by atoms with Crippen molar-refractivity contribution in [2.24, 2.45) is 5.73 Å². The predicted molar refractivity (Wildman–Crippen MR) is 111 cm³/mol. The van der Waals surface area contributed by atoms with E-state index >= 15 is 0 Å². The average Bonchev–Trinajstić information content (AvgIpc) is 3.10. The van der Waals surface area contributed by atoms with Crippen LogP contribution in [0.4, 0.5) is 0 Å². The van der Waals surface area contributed by atoms with Gasteiger partial charge in [0, 0.05) is 10.4 Å². The minimum atomic E-state index is -4.50. The van der Waals surface area contributed by atoms with E-state index < -0.39 is 13.4 Å². The highest BCUT2D eigenvalue weighted by atomic mass is 32.1. The maximum Gasteiger partial charge on any atom is 0.469 e. The fourth-order valence-corrected chi connectivity index (χ4v) is 3.70. The second-order valence-corrected chi connectivity index (χ2v) is 9.18. The molecule has 1 unspecified atom stereocenters. The van der Waals surface area contributed by atoms with Crippen molar-refractivity contribution in [3.05, 3.63) is 51.7 Å². The summed E-state index contributed by atoms with van der Waals surface area (Å²) in [6, 6.07) is 11.9. The van der Waals surface area contributed by atoms with Gasteiger partial charge in [0.2, 0.25) is 0 Å². The Morgan fingerprint density at radius 2 is 1.93 bits per heavy atom. The monoisotopic (exact) mass is 423 g/mol. The Labute approximate surface area is 169 Å². The Balaban J connectivity index is 1.79. The van der Waals surface area contributed by atoms with Crippen molar-refractivity contribution in [1.82, 2.24) is 0 Å². The molecule has 1 aromatic heterocycles. The zero-order chi connectivity index (χ0) is 20.6. The number of ether oxygens (including phenoxy) is 1. The van der Waals surface area contributed by atoms with E-state index in [1.165, 1.54) is 5.56 Å². The summed E-state index contributed by atoms with van der Waals surface area (Å²) in [7, 11) is -4.50. The summed E-state index contributed by atoms with van der Waals surface area (Å²) < 4.78 is 20.9. The Morgan fingerprint density at radius 1 is 1.21 bits per heavy atom. The maximum atomic E-state index is 10.8. The number of aryl methyl sites for hydroxylation is 2. The molecule has 0 aliphatic carbocycles. The summed E-state index contributed by atoms with van der Waals surface area (Å²) in [5.74, 6) is 6.90. The Hall–Kier alpha value is -1.65. The molecule has 152 valence electrons. The van der Waals surface area contributed by atoms with Crippen molar-refractivity contribution in [2.45, 2.75) is 38.6 Å². The van der Waals surface area contributed by atoms with Crippen molar-refractivity contribution >= 4 is 19.2 Å². The minimum Gasteiger partial charge on any atom is -0.481 e. The number of thiophene rings is 1. The van der Waals surface area contributed by atoms with Gasteiger partial charge < -0.3 is 20.3 Å². The molecular weight excluding hydrogens is 397 g/mol. The molecule has 0 radical (unpaired) electrons. The summed E-state index contributed by atoms with van der Waals surface area (Å²) in [5, 5.41) is 0. The number of rotatable bonds is 9. The van der Waals surface area contributed by atoms with Gasteiger partial charge in [0.05, 0.1) is 11.5 Å². The summed E-state index contributed by atoms with van der Waals surface area (Å²) in [6.07, 6.45) is 2.22. The first kappa shape index (κ1) is 22.6. The van der Waals surface area contributed by atoms with Crippen LogP contribution in [0.15, 0.2) is 36.4 Å². The van der Waals surface area contributed by atoms with Crippen molar-refractivity contribution in [3.8, 4) is 17.6 Å². The van der Waals surface area contributed by atoms with Crippen molar-refractivity contribution in [3.63, 3.8) is 0 Å². The third-order valence-corrected chi connectivity index (χ3v) is 5.55. The van der Waals surface area contributed by atoms with Gasteiger partial charge in [0.25, 0.3) is 0 Å². The maximum absolute atomic E-state index is 10.8. The second-order valence-electron chi connectivity index (χ2n) is 6.77. The molecular formula is C20H26NO5PS. The lowest BCUT2D eigenvalue weighted by molar-refractivity contribution is 0.154. The van der Waals surface area contributed by atoms with Crippen molar-refractivity contribution in [2.75, 3.05) is 13.2 Å². The fourth-order valence-electron chi connectivity index (χ4n) is 2.36. The Morgan fingerprint density at radius 3 is 2.57 bits per heavy atom. The predicted octanol–water partition coefficient (Wildman–Crippen LogP) is 3.50. The fraction of sp³-hybridized carbons (Fsp3) is 0.400. The van der Waals surface area contributed by atoms with Gasteiger partial charge in [-0.15, -0.1) is 11.3 Å². The van der Waals surface area contributed by atoms with Crippen LogP contribution in [0.2, 0.25) is 0 Å². The van der Waals surface area contributed by atoms with Gasteiger partial charge in [0.15, 0.2) is 0 Å². The third kappa shape index (κ3) is 8.57. The van der Waals surface area contributed by atoms with E-state index in [1.54, 1.807) is 18.3 Å². The van der Waals surface area contributed by atoms with Crippen LogP contribution < -0.4 is 10.5 Å². The topological polar surface area (TPSA) is 102 Å². The Bertz CT molecular complexity index is 861. The molecule has 0 amide bonds. The molecule has 2 aromatic rings. The van der Waals surface area contributed by atoms with Crippen LogP contribution in [0.25, 0.3) is 0 Å². The van der Waals surface area contributed by atoms with Crippen LogP contribution >= 0.6 is 19.2 Å². The van der Waals surface area contributed by atoms with Gasteiger partial charge in [0.1, 0.15) is 12.4 Å². The van der Waals surface area contributed by atoms with Gasteiger partial charge in [-0.05, 0) is 56.0 Å². The molecule has 0 saturated carbocycles. The lowest BCUT2D eigenvalue weighted by Crippen LogP contribution is -2.41. The summed E-state index contributed by atoms with van der Waals surface area (Å²) in [4.78, 5) is 19.6. The van der Waals surface area contributed by atoms with E-state index in [0.717, 1.165) is 21.9 Å². The van der Waals surface area contributed by atoms with E-state index in [2.05, 4.69) is 23.3 Å². The lowest BCUT2D eigenvalue weighted by Gasteiger charge is -2.24. The number of hydrogen-bond donors (Lipinski definition) is 3. The molecule has 0 bridgehead atoms. The van der Waals surface area contributed by atoms with Crippen LogP contribution in [0.1, 0.15) is 35.6 Å². The van der Waals surface area contributed by atoms with Crippen LogP contribution in [-0.4, -0.2) is 28.5 Å². The summed E-state index contributed by atoms with van der Waals surface area (Å²) in [6.45, 7) is 3.94. The zero-order valence-electron chi connectivity index (χ0n) is 16.1. The first-order chi connectivity index (χ1) is 13.2. The number of phosphoric acid groups is 1. The van der Waals surface area contributed by atoms with Gasteiger partial charge >= 0.3 is 7.82 Å². The van der Waals surface area contributed by atoms with Crippen LogP contribution in [0.5, 0.6) is 5.75 Å². The highest BCUT2D eigenvalue weighted by molar-refractivity contribution is 7.46. The molecule has 1 atom stereocenters. The molecule has 0 saturated heterocycles. The largest absolute Gasteiger partial charge is 0.481 e. The van der Waals surface area contributed by atoms with Crippen molar-refractivity contribution < 1.29 is 23.6 Å². The van der Waals surface area contributed by atoms with E-state index in [-0.39, 0.29) is 6.61 Å².